The molecule has 2 atom stereocenters. The van der Waals surface area contributed by atoms with Gasteiger partial charge in [0.1, 0.15) is 5.75 Å². The summed E-state index contributed by atoms with van der Waals surface area (Å²) in [5.74, 6) is 1.16. The summed E-state index contributed by atoms with van der Waals surface area (Å²) in [6.07, 6.45) is 7.30. The molecule has 208 valence electrons. The highest BCUT2D eigenvalue weighted by molar-refractivity contribution is 5.70. The Hall–Kier alpha value is -2.67. The molecule has 0 spiro atoms. The molecule has 0 aliphatic heterocycles. The first-order valence-corrected chi connectivity index (χ1v) is 13.8. The van der Waals surface area contributed by atoms with Gasteiger partial charge in [0.25, 0.3) is 0 Å². The van der Waals surface area contributed by atoms with E-state index in [2.05, 4.69) is 43.4 Å². The van der Waals surface area contributed by atoms with Crippen LogP contribution in [0.2, 0.25) is 0 Å². The van der Waals surface area contributed by atoms with Crippen molar-refractivity contribution in [2.24, 2.45) is 5.92 Å². The Balaban J connectivity index is 1.49. The molecule has 0 fully saturated rings. The molecule has 1 aliphatic rings. The van der Waals surface area contributed by atoms with Crippen molar-refractivity contribution in [3.05, 3.63) is 70.8 Å². The van der Waals surface area contributed by atoms with E-state index in [0.29, 0.717) is 31.9 Å². The molecular weight excluding hydrogens is 478 g/mol. The Kier molecular flexibility index (Phi) is 11.4. The summed E-state index contributed by atoms with van der Waals surface area (Å²) in [7, 11) is 1.64. The van der Waals surface area contributed by atoms with Crippen LogP contribution in [0, 0.1) is 5.92 Å². The van der Waals surface area contributed by atoms with Crippen molar-refractivity contribution in [2.75, 3.05) is 26.9 Å². The molecular formula is C32H45NO5. The van der Waals surface area contributed by atoms with Gasteiger partial charge in [0.2, 0.25) is 0 Å². The second-order valence-electron chi connectivity index (χ2n) is 10.9. The number of aliphatic hydroxyl groups excluding tert-OH is 1. The average molecular weight is 524 g/mol. The highest BCUT2D eigenvalue weighted by Gasteiger charge is 2.28. The standard InChI is InChI=1S/C32H45NO5/c1-6-37-31(35)17-10-9-14-29-28(15-11-16-30(29)36-5)23(2)38-22-27(34)21-33-32(3,4)20-24-18-25-12-7-8-13-26(25)19-24/h7-9,11-16,23-24,27,33-34H,6,10,17-22H2,1-5H3/t23-,27-/m1/s1. The van der Waals surface area contributed by atoms with Crippen LogP contribution in [0.5, 0.6) is 5.75 Å². The van der Waals surface area contributed by atoms with Crippen molar-refractivity contribution in [1.82, 2.24) is 5.32 Å². The molecule has 0 aromatic heterocycles. The maximum atomic E-state index is 11.6. The zero-order valence-corrected chi connectivity index (χ0v) is 23.7. The van der Waals surface area contributed by atoms with Crippen LogP contribution in [-0.2, 0) is 27.1 Å². The molecule has 1 aliphatic carbocycles. The summed E-state index contributed by atoms with van der Waals surface area (Å²) in [5, 5.41) is 14.2. The van der Waals surface area contributed by atoms with Crippen molar-refractivity contribution >= 4 is 12.0 Å². The lowest BCUT2D eigenvalue weighted by atomic mass is 9.88. The van der Waals surface area contributed by atoms with Gasteiger partial charge >= 0.3 is 5.97 Å². The number of esters is 1. The summed E-state index contributed by atoms with van der Waals surface area (Å²) >= 11 is 0. The van der Waals surface area contributed by atoms with E-state index in [1.165, 1.54) is 11.1 Å². The number of methoxy groups -OCH3 is 1. The minimum Gasteiger partial charge on any atom is -0.496 e. The Morgan fingerprint density at radius 3 is 2.53 bits per heavy atom. The van der Waals surface area contributed by atoms with Crippen molar-refractivity contribution in [3.63, 3.8) is 0 Å². The van der Waals surface area contributed by atoms with Gasteiger partial charge in [0.05, 0.1) is 32.5 Å². The van der Waals surface area contributed by atoms with Crippen LogP contribution in [0.4, 0.5) is 0 Å². The van der Waals surface area contributed by atoms with Crippen LogP contribution in [0.15, 0.2) is 48.5 Å². The molecule has 2 aromatic rings. The Morgan fingerprint density at radius 1 is 1.16 bits per heavy atom. The summed E-state index contributed by atoms with van der Waals surface area (Å²) in [4.78, 5) is 11.6. The normalized spacial score (nSPS) is 15.4. The van der Waals surface area contributed by atoms with Crippen LogP contribution < -0.4 is 10.1 Å². The SMILES string of the molecule is CCOC(=O)CCC=Cc1c(OC)cccc1[C@@H](C)OC[C@H](O)CNC(C)(C)CC1Cc2ccccc2C1. The first-order valence-electron chi connectivity index (χ1n) is 13.8. The Morgan fingerprint density at radius 2 is 1.87 bits per heavy atom. The molecule has 0 bridgehead atoms. The smallest absolute Gasteiger partial charge is 0.306 e. The second kappa shape index (κ2) is 14.5. The number of β-amino-alcohol motifs (C(OH)–C–C–N with tert-alkyl or cyclic N) is 1. The summed E-state index contributed by atoms with van der Waals surface area (Å²) in [6.45, 7) is 9.29. The Labute approximate surface area is 228 Å². The minimum absolute atomic E-state index is 0.0758. The van der Waals surface area contributed by atoms with E-state index in [1.807, 2.05) is 37.3 Å². The third kappa shape index (κ3) is 8.97. The topological polar surface area (TPSA) is 77.0 Å². The van der Waals surface area contributed by atoms with Crippen molar-refractivity contribution in [1.29, 1.82) is 0 Å². The highest BCUT2D eigenvalue weighted by Crippen LogP contribution is 2.32. The highest BCUT2D eigenvalue weighted by atomic mass is 16.5. The fourth-order valence-electron chi connectivity index (χ4n) is 5.29. The largest absolute Gasteiger partial charge is 0.496 e. The van der Waals surface area contributed by atoms with Crippen LogP contribution in [0.1, 0.15) is 75.3 Å². The number of hydrogen-bond donors (Lipinski definition) is 2. The maximum Gasteiger partial charge on any atom is 0.306 e. The molecule has 0 heterocycles. The van der Waals surface area contributed by atoms with Gasteiger partial charge in [-0.05, 0) is 82.1 Å². The fourth-order valence-corrected chi connectivity index (χ4v) is 5.29. The number of fused-ring (bicyclic) bond motifs is 1. The molecule has 2 N–H and O–H groups in total. The van der Waals surface area contributed by atoms with Gasteiger partial charge < -0.3 is 24.6 Å². The van der Waals surface area contributed by atoms with Gasteiger partial charge in [-0.25, -0.2) is 0 Å². The number of aliphatic hydroxyl groups is 1. The Bertz CT molecular complexity index is 1040. The molecule has 6 nitrogen and oxygen atoms in total. The summed E-state index contributed by atoms with van der Waals surface area (Å²) in [6, 6.07) is 14.6. The van der Waals surface area contributed by atoms with E-state index in [-0.39, 0.29) is 24.2 Å². The minimum atomic E-state index is -0.619. The number of ether oxygens (including phenoxy) is 3. The van der Waals surface area contributed by atoms with Crippen LogP contribution in [0.3, 0.4) is 0 Å². The molecule has 0 unspecified atom stereocenters. The van der Waals surface area contributed by atoms with E-state index in [4.69, 9.17) is 14.2 Å². The molecule has 2 aromatic carbocycles. The predicted molar refractivity (Wildman–Crippen MR) is 152 cm³/mol. The first-order chi connectivity index (χ1) is 18.2. The molecule has 38 heavy (non-hydrogen) atoms. The van der Waals surface area contributed by atoms with E-state index >= 15 is 0 Å². The molecule has 0 amide bonds. The average Bonchev–Trinajstić information content (AvgIpc) is 3.30. The van der Waals surface area contributed by atoms with Gasteiger partial charge in [-0.2, -0.15) is 0 Å². The first kappa shape index (κ1) is 29.9. The third-order valence-electron chi connectivity index (χ3n) is 7.15. The number of hydrogen-bond acceptors (Lipinski definition) is 6. The lowest BCUT2D eigenvalue weighted by Gasteiger charge is -2.31. The van der Waals surface area contributed by atoms with Gasteiger partial charge in [-0.15, -0.1) is 0 Å². The second-order valence-corrected chi connectivity index (χ2v) is 10.9. The van der Waals surface area contributed by atoms with Gasteiger partial charge in [-0.3, -0.25) is 4.79 Å². The zero-order chi connectivity index (χ0) is 27.5. The lowest BCUT2D eigenvalue weighted by Crippen LogP contribution is -2.45. The van der Waals surface area contributed by atoms with Crippen molar-refractivity contribution < 1.29 is 24.1 Å². The third-order valence-corrected chi connectivity index (χ3v) is 7.15. The fraction of sp³-hybridized carbons (Fsp3) is 0.531. The summed E-state index contributed by atoms with van der Waals surface area (Å²) < 4.78 is 16.7. The number of allylic oxidation sites excluding steroid dienone is 1. The van der Waals surface area contributed by atoms with E-state index in [1.54, 1.807) is 14.0 Å². The van der Waals surface area contributed by atoms with E-state index in [0.717, 1.165) is 36.1 Å². The zero-order valence-electron chi connectivity index (χ0n) is 23.7. The lowest BCUT2D eigenvalue weighted by molar-refractivity contribution is -0.143. The van der Waals surface area contributed by atoms with Crippen LogP contribution in [-0.4, -0.2) is 49.6 Å². The maximum absolute atomic E-state index is 11.6. The number of carbonyl (C=O) groups excluding carboxylic acids is 1. The molecule has 0 saturated heterocycles. The number of benzene rings is 2. The van der Waals surface area contributed by atoms with Crippen molar-refractivity contribution in [3.8, 4) is 5.75 Å². The van der Waals surface area contributed by atoms with Crippen LogP contribution in [0.25, 0.3) is 6.08 Å². The molecule has 3 rings (SSSR count). The number of nitrogens with one attached hydrogen (secondary N) is 1. The molecule has 0 radical (unpaired) electrons. The van der Waals surface area contributed by atoms with E-state index < -0.39 is 6.10 Å². The van der Waals surface area contributed by atoms with Gasteiger partial charge in [0.15, 0.2) is 0 Å². The van der Waals surface area contributed by atoms with Gasteiger partial charge in [0, 0.05) is 24.1 Å². The van der Waals surface area contributed by atoms with Crippen molar-refractivity contribution in [2.45, 2.75) is 77.5 Å². The van der Waals surface area contributed by atoms with Crippen LogP contribution >= 0.6 is 0 Å². The van der Waals surface area contributed by atoms with E-state index in [9.17, 15) is 9.90 Å². The summed E-state index contributed by atoms with van der Waals surface area (Å²) in [5.41, 5.74) is 4.76. The molecule has 6 heteroatoms. The number of carbonyl (C=O) groups is 1. The molecule has 0 saturated carbocycles. The van der Waals surface area contributed by atoms with Gasteiger partial charge in [-0.1, -0.05) is 48.6 Å². The quantitative estimate of drug-likeness (QED) is 0.293. The number of rotatable bonds is 15. The monoisotopic (exact) mass is 523 g/mol. The predicted octanol–water partition coefficient (Wildman–Crippen LogP) is 5.66.